The summed E-state index contributed by atoms with van der Waals surface area (Å²) in [6, 6.07) is 28.3. The van der Waals surface area contributed by atoms with Gasteiger partial charge in [0, 0.05) is 5.69 Å². The van der Waals surface area contributed by atoms with E-state index in [1.54, 1.807) is 6.26 Å². The standard InChI is InChI=1S/C31H26N6O/c1-19-16-20(2)18-22(17-19)32-29-31-34-30-27(21(3)35-37(30)23-10-5-4-6-11-23)28(26-14-9-15-38-26)36(31)25-13-8-7-12-24(25)33-29/h4-18,28H,1-3H3,(H,32,33)/t28-/m0/s1. The van der Waals surface area contributed by atoms with Gasteiger partial charge in [-0.25, -0.2) is 14.7 Å². The first kappa shape index (κ1) is 22.3. The Kier molecular flexibility index (Phi) is 5.04. The molecule has 5 aromatic rings. The van der Waals surface area contributed by atoms with Crippen LogP contribution >= 0.6 is 0 Å². The highest BCUT2D eigenvalue weighted by atomic mass is 16.3. The van der Waals surface area contributed by atoms with E-state index < -0.39 is 0 Å². The highest BCUT2D eigenvalue weighted by Gasteiger charge is 2.42. The quantitative estimate of drug-likeness (QED) is 0.286. The number of rotatable bonds is 3. The fourth-order valence-corrected chi connectivity index (χ4v) is 5.45. The second kappa shape index (κ2) is 8.59. The molecule has 1 atom stereocenters. The Balaban J connectivity index is 1.49. The minimum Gasteiger partial charge on any atom is -0.467 e. The molecule has 7 heteroatoms. The van der Waals surface area contributed by atoms with Gasteiger partial charge >= 0.3 is 0 Å². The molecule has 7 nitrogen and oxygen atoms in total. The predicted octanol–water partition coefficient (Wildman–Crippen LogP) is 7.19. The maximum absolute atomic E-state index is 6.05. The Morgan fingerprint density at radius 2 is 1.58 bits per heavy atom. The van der Waals surface area contributed by atoms with Crippen LogP contribution in [0.1, 0.15) is 34.2 Å². The number of hydrogen-bond donors (Lipinski definition) is 1. The van der Waals surface area contributed by atoms with E-state index in [0.717, 1.165) is 45.6 Å². The summed E-state index contributed by atoms with van der Waals surface area (Å²) in [6.07, 6.45) is 1.72. The van der Waals surface area contributed by atoms with Crippen LogP contribution in [0, 0.1) is 20.8 Å². The molecule has 0 amide bonds. The van der Waals surface area contributed by atoms with Crippen molar-refractivity contribution in [3.8, 4) is 5.69 Å². The fraction of sp³-hybridized carbons (Fsp3) is 0.129. The molecule has 38 heavy (non-hydrogen) atoms. The number of fused-ring (bicyclic) bond motifs is 4. The van der Waals surface area contributed by atoms with E-state index in [1.807, 2.05) is 72.3 Å². The molecule has 186 valence electrons. The van der Waals surface area contributed by atoms with Gasteiger partial charge in [-0.2, -0.15) is 5.10 Å². The lowest BCUT2D eigenvalue weighted by molar-refractivity contribution is 0.487. The molecule has 2 aromatic heterocycles. The van der Waals surface area contributed by atoms with Crippen LogP contribution in [0.15, 0.2) is 106 Å². The summed E-state index contributed by atoms with van der Waals surface area (Å²) in [6.45, 7) is 6.23. The molecule has 7 rings (SSSR count). The SMILES string of the molecule is Cc1cc(C)cc(NC2=Nc3ccccc3N3C2=Nc2c(c(C)nn2-c2ccccc2)[C@@H]3c2ccco2)c1. The predicted molar refractivity (Wildman–Crippen MR) is 152 cm³/mol. The Bertz CT molecular complexity index is 1710. The number of hydrogen-bond acceptors (Lipinski definition) is 6. The van der Waals surface area contributed by atoms with Crippen molar-refractivity contribution in [2.45, 2.75) is 26.8 Å². The van der Waals surface area contributed by atoms with Gasteiger partial charge in [0.1, 0.15) is 11.8 Å². The Hall–Kier alpha value is -4.91. The maximum atomic E-state index is 6.05. The van der Waals surface area contributed by atoms with E-state index in [0.29, 0.717) is 11.7 Å². The Morgan fingerprint density at radius 1 is 0.816 bits per heavy atom. The van der Waals surface area contributed by atoms with Crippen LogP contribution in [0.2, 0.25) is 0 Å². The Morgan fingerprint density at radius 3 is 2.34 bits per heavy atom. The van der Waals surface area contributed by atoms with Crippen LogP contribution in [0.5, 0.6) is 0 Å². The summed E-state index contributed by atoms with van der Waals surface area (Å²) in [4.78, 5) is 12.5. The van der Waals surface area contributed by atoms with Crippen LogP contribution in [-0.2, 0) is 0 Å². The molecule has 0 aliphatic carbocycles. The normalized spacial score (nSPS) is 15.8. The molecule has 0 spiro atoms. The molecule has 3 aromatic carbocycles. The molecule has 0 fully saturated rings. The third-order valence-corrected chi connectivity index (χ3v) is 6.94. The molecule has 0 bridgehead atoms. The van der Waals surface area contributed by atoms with Gasteiger partial charge in [-0.1, -0.05) is 36.4 Å². The zero-order valence-corrected chi connectivity index (χ0v) is 21.4. The van der Waals surface area contributed by atoms with Crippen molar-refractivity contribution in [3.63, 3.8) is 0 Å². The van der Waals surface area contributed by atoms with Crippen LogP contribution in [-0.4, -0.2) is 21.5 Å². The van der Waals surface area contributed by atoms with Crippen molar-refractivity contribution in [2.24, 2.45) is 9.98 Å². The topological polar surface area (TPSA) is 71.0 Å². The van der Waals surface area contributed by atoms with Crippen molar-refractivity contribution in [1.82, 2.24) is 9.78 Å². The zero-order chi connectivity index (χ0) is 25.8. The highest BCUT2D eigenvalue weighted by molar-refractivity contribution is 6.51. The molecular formula is C31H26N6O. The van der Waals surface area contributed by atoms with Crippen molar-refractivity contribution in [2.75, 3.05) is 10.2 Å². The van der Waals surface area contributed by atoms with Gasteiger partial charge in [0.05, 0.1) is 34.6 Å². The van der Waals surface area contributed by atoms with Gasteiger partial charge in [-0.3, -0.25) is 0 Å². The molecular weight excluding hydrogens is 472 g/mol. The molecule has 2 aliphatic heterocycles. The molecule has 0 saturated heterocycles. The van der Waals surface area contributed by atoms with Crippen molar-refractivity contribution in [1.29, 1.82) is 0 Å². The summed E-state index contributed by atoms with van der Waals surface area (Å²) < 4.78 is 7.97. The number of para-hydroxylation sites is 3. The summed E-state index contributed by atoms with van der Waals surface area (Å²) in [5.41, 5.74) is 8.02. The lowest BCUT2D eigenvalue weighted by Crippen LogP contribution is -2.46. The van der Waals surface area contributed by atoms with Crippen molar-refractivity contribution in [3.05, 3.63) is 119 Å². The monoisotopic (exact) mass is 498 g/mol. The average molecular weight is 499 g/mol. The van der Waals surface area contributed by atoms with E-state index >= 15 is 0 Å². The molecule has 2 aliphatic rings. The fourth-order valence-electron chi connectivity index (χ4n) is 5.45. The molecule has 1 N–H and O–H groups in total. The van der Waals surface area contributed by atoms with Crippen LogP contribution in [0.25, 0.3) is 5.69 Å². The lowest BCUT2D eigenvalue weighted by Gasteiger charge is -2.39. The van der Waals surface area contributed by atoms with Gasteiger partial charge < -0.3 is 14.6 Å². The summed E-state index contributed by atoms with van der Waals surface area (Å²) in [5, 5.41) is 8.53. The van der Waals surface area contributed by atoms with E-state index in [2.05, 4.69) is 48.3 Å². The first-order chi connectivity index (χ1) is 18.6. The second-order valence-electron chi connectivity index (χ2n) is 9.74. The minimum atomic E-state index is -0.266. The number of aryl methyl sites for hydroxylation is 3. The number of anilines is 2. The number of furan rings is 1. The highest BCUT2D eigenvalue weighted by Crippen LogP contribution is 2.48. The summed E-state index contributed by atoms with van der Waals surface area (Å²) in [7, 11) is 0. The first-order valence-corrected chi connectivity index (χ1v) is 12.7. The van der Waals surface area contributed by atoms with Crippen molar-refractivity contribution >= 4 is 34.6 Å². The van der Waals surface area contributed by atoms with Gasteiger partial charge in [-0.05, 0) is 80.4 Å². The number of aliphatic imine (C=N–C) groups is 2. The van der Waals surface area contributed by atoms with E-state index in [4.69, 9.17) is 19.5 Å². The molecule has 0 saturated carbocycles. The zero-order valence-electron chi connectivity index (χ0n) is 21.4. The van der Waals surface area contributed by atoms with Crippen LogP contribution in [0.3, 0.4) is 0 Å². The van der Waals surface area contributed by atoms with Crippen LogP contribution in [0.4, 0.5) is 22.9 Å². The number of amidine groups is 2. The smallest absolute Gasteiger partial charge is 0.179 e. The summed E-state index contributed by atoms with van der Waals surface area (Å²) in [5.74, 6) is 2.98. The largest absolute Gasteiger partial charge is 0.467 e. The average Bonchev–Trinajstić information content (AvgIpc) is 3.56. The van der Waals surface area contributed by atoms with Gasteiger partial charge in [0.2, 0.25) is 0 Å². The van der Waals surface area contributed by atoms with Gasteiger partial charge in [0.15, 0.2) is 17.5 Å². The first-order valence-electron chi connectivity index (χ1n) is 12.7. The maximum Gasteiger partial charge on any atom is 0.179 e. The van der Waals surface area contributed by atoms with Gasteiger partial charge in [-0.15, -0.1) is 0 Å². The summed E-state index contributed by atoms with van der Waals surface area (Å²) >= 11 is 0. The van der Waals surface area contributed by atoms with E-state index in [9.17, 15) is 0 Å². The van der Waals surface area contributed by atoms with Crippen LogP contribution < -0.4 is 10.2 Å². The lowest BCUT2D eigenvalue weighted by atomic mass is 9.97. The third kappa shape index (κ3) is 3.55. The second-order valence-corrected chi connectivity index (χ2v) is 9.74. The third-order valence-electron chi connectivity index (χ3n) is 6.94. The van der Waals surface area contributed by atoms with E-state index in [1.165, 1.54) is 11.1 Å². The minimum absolute atomic E-state index is 0.266. The molecule has 0 unspecified atom stereocenters. The molecule has 0 radical (unpaired) electrons. The van der Waals surface area contributed by atoms with E-state index in [-0.39, 0.29) is 6.04 Å². The molecule has 4 heterocycles. The number of nitrogens with one attached hydrogen (secondary N) is 1. The number of nitrogens with zero attached hydrogens (tertiary/aromatic N) is 5. The Labute approximate surface area is 220 Å². The van der Waals surface area contributed by atoms with Gasteiger partial charge in [0.25, 0.3) is 0 Å². The van der Waals surface area contributed by atoms with Crippen molar-refractivity contribution < 1.29 is 4.42 Å². The number of benzene rings is 3. The number of aromatic nitrogens is 2.